The Hall–Kier alpha value is -2.82. The molecule has 0 unspecified atom stereocenters. The number of terminal acetylenes is 1. The zero-order valence-electron chi connectivity index (χ0n) is 12.7. The lowest BCUT2D eigenvalue weighted by Gasteiger charge is -2.14. The second-order valence-electron chi connectivity index (χ2n) is 5.57. The third-order valence-corrected chi connectivity index (χ3v) is 6.50. The van der Waals surface area contributed by atoms with E-state index in [0.29, 0.717) is 0 Å². The van der Waals surface area contributed by atoms with Gasteiger partial charge in [0.25, 0.3) is 0 Å². The van der Waals surface area contributed by atoms with Crippen LogP contribution in [0.2, 0.25) is 0 Å². The van der Waals surface area contributed by atoms with Gasteiger partial charge in [0.1, 0.15) is 0 Å². The number of hydrogen-bond acceptors (Lipinski definition) is 0. The fourth-order valence-electron chi connectivity index (χ4n) is 3.19. The smallest absolute Gasteiger partial charge is 0.127 e. The van der Waals surface area contributed by atoms with E-state index >= 15 is 0 Å². The predicted octanol–water partition coefficient (Wildman–Crippen LogP) is 3.77. The van der Waals surface area contributed by atoms with Gasteiger partial charge in [0.15, 0.2) is 0 Å². The molecule has 0 atom stereocenters. The molecule has 1 radical (unpaired) electrons. The molecule has 4 aromatic rings. The second kappa shape index (κ2) is 5.76. The molecule has 4 aromatic carbocycles. The van der Waals surface area contributed by atoms with E-state index in [1.807, 2.05) is 0 Å². The van der Waals surface area contributed by atoms with Crippen molar-refractivity contribution < 1.29 is 0 Å². The number of hydrogen-bond donors (Lipinski definition) is 0. The molecule has 23 heavy (non-hydrogen) atoms. The second-order valence-corrected chi connectivity index (χ2v) is 7.69. The van der Waals surface area contributed by atoms with Gasteiger partial charge in [0, 0.05) is 0 Å². The fourth-order valence-corrected chi connectivity index (χ4v) is 5.31. The number of fused-ring (bicyclic) bond motifs is 2. The van der Waals surface area contributed by atoms with Gasteiger partial charge >= 0.3 is 0 Å². The zero-order chi connectivity index (χ0) is 15.6. The Labute approximate surface area is 138 Å². The minimum atomic E-state index is -1.26. The van der Waals surface area contributed by atoms with Crippen molar-refractivity contribution in [1.82, 2.24) is 0 Å². The Morgan fingerprint density at radius 3 is 1.48 bits per heavy atom. The minimum absolute atomic E-state index is 1.25. The van der Waals surface area contributed by atoms with Gasteiger partial charge in [-0.2, -0.15) is 0 Å². The molecule has 0 N–H and O–H groups in total. The lowest BCUT2D eigenvalue weighted by molar-refractivity contribution is 1.76. The quantitative estimate of drug-likeness (QED) is 0.390. The van der Waals surface area contributed by atoms with Crippen LogP contribution in [0.5, 0.6) is 0 Å². The molecule has 1 heteroatoms. The molecule has 0 aromatic heterocycles. The van der Waals surface area contributed by atoms with Crippen LogP contribution in [-0.4, -0.2) is 8.80 Å². The van der Waals surface area contributed by atoms with Crippen LogP contribution >= 0.6 is 0 Å². The first-order valence-electron chi connectivity index (χ1n) is 7.68. The summed E-state index contributed by atoms with van der Waals surface area (Å²) in [5.41, 5.74) is 3.12. The number of rotatable bonds is 2. The summed E-state index contributed by atoms with van der Waals surface area (Å²) in [6.45, 7) is 0. The fraction of sp³-hybridized carbons (Fsp3) is 0. The van der Waals surface area contributed by atoms with Crippen molar-refractivity contribution in [3.05, 3.63) is 84.9 Å². The first-order valence-corrected chi connectivity index (χ1v) is 9.18. The largest absolute Gasteiger partial charge is 0.214 e. The van der Waals surface area contributed by atoms with Crippen molar-refractivity contribution in [2.45, 2.75) is 0 Å². The topological polar surface area (TPSA) is 0 Å². The van der Waals surface area contributed by atoms with Crippen molar-refractivity contribution in [2.24, 2.45) is 0 Å². The summed E-state index contributed by atoms with van der Waals surface area (Å²) in [4.78, 5) is 0. The lowest BCUT2D eigenvalue weighted by atomic mass is 10.1. The van der Waals surface area contributed by atoms with E-state index < -0.39 is 8.80 Å². The molecule has 0 bridgehead atoms. The van der Waals surface area contributed by atoms with E-state index in [2.05, 4.69) is 90.5 Å². The Morgan fingerprint density at radius 2 is 1.00 bits per heavy atom. The first-order chi connectivity index (χ1) is 11.4. The maximum absolute atomic E-state index is 6.01. The van der Waals surface area contributed by atoms with Crippen molar-refractivity contribution >= 4 is 40.7 Å². The summed E-state index contributed by atoms with van der Waals surface area (Å²) in [7, 11) is -1.26. The number of benzene rings is 4. The van der Waals surface area contributed by atoms with E-state index in [1.165, 1.54) is 31.9 Å². The van der Waals surface area contributed by atoms with Crippen molar-refractivity contribution in [3.8, 4) is 12.0 Å². The lowest BCUT2D eigenvalue weighted by Crippen LogP contribution is -2.42. The molecule has 0 fully saturated rings. The average molecular weight is 307 g/mol. The van der Waals surface area contributed by atoms with Gasteiger partial charge in [0.05, 0.1) is 0 Å². The molecule has 107 valence electrons. The highest BCUT2D eigenvalue weighted by Crippen LogP contribution is 2.15. The molecule has 0 saturated heterocycles. The third kappa shape index (κ3) is 2.34. The Balaban J connectivity index is 2.00. The van der Waals surface area contributed by atoms with E-state index in [0.717, 1.165) is 0 Å². The molecule has 0 nitrogen and oxygen atoms in total. The molecule has 0 amide bonds. The van der Waals surface area contributed by atoms with E-state index in [9.17, 15) is 0 Å². The van der Waals surface area contributed by atoms with Gasteiger partial charge in [-0.15, -0.1) is 12.0 Å². The van der Waals surface area contributed by atoms with Crippen LogP contribution < -0.4 is 10.4 Å². The van der Waals surface area contributed by atoms with Crippen LogP contribution in [-0.2, 0) is 0 Å². The van der Waals surface area contributed by atoms with Gasteiger partial charge < -0.3 is 0 Å². The first kappa shape index (κ1) is 13.8. The van der Waals surface area contributed by atoms with Crippen LogP contribution in [0.1, 0.15) is 0 Å². The molecule has 4 rings (SSSR count). The van der Waals surface area contributed by atoms with Crippen LogP contribution in [0.15, 0.2) is 84.9 Å². The van der Waals surface area contributed by atoms with Crippen LogP contribution in [0.4, 0.5) is 0 Å². The summed E-state index contributed by atoms with van der Waals surface area (Å²) in [5.74, 6) is 0. The molecule has 0 spiro atoms. The highest BCUT2D eigenvalue weighted by molar-refractivity contribution is 6.94. The molecule has 0 aliphatic rings. The van der Waals surface area contributed by atoms with Crippen LogP contribution in [0.3, 0.4) is 0 Å². The van der Waals surface area contributed by atoms with Gasteiger partial charge in [-0.3, -0.25) is 0 Å². The molecule has 0 aliphatic heterocycles. The summed E-state index contributed by atoms with van der Waals surface area (Å²) in [5, 5.41) is 7.65. The van der Waals surface area contributed by atoms with Gasteiger partial charge in [-0.25, -0.2) is 0 Å². The standard InChI is InChI=1S/C22H15Si/c1-2-23(21-15-7-11-17-9-3-5-13-19(17)21)22-16-8-12-18-10-4-6-14-20(18)22/h1,3-16H. The average Bonchev–Trinajstić information content (AvgIpc) is 2.63. The summed E-state index contributed by atoms with van der Waals surface area (Å²) >= 11 is 0. The van der Waals surface area contributed by atoms with Crippen molar-refractivity contribution in [2.75, 3.05) is 0 Å². The molecule has 0 aliphatic carbocycles. The predicted molar refractivity (Wildman–Crippen MR) is 102 cm³/mol. The van der Waals surface area contributed by atoms with Gasteiger partial charge in [0.2, 0.25) is 8.80 Å². The summed E-state index contributed by atoms with van der Waals surface area (Å²) < 4.78 is 0. The SMILES string of the molecule is C#C[Si](c1cccc2ccccc12)c1cccc2ccccc12. The highest BCUT2D eigenvalue weighted by Gasteiger charge is 2.19. The Kier molecular flexibility index (Phi) is 3.46. The van der Waals surface area contributed by atoms with E-state index in [-0.39, 0.29) is 0 Å². The van der Waals surface area contributed by atoms with Crippen molar-refractivity contribution in [3.63, 3.8) is 0 Å². The monoisotopic (exact) mass is 307 g/mol. The maximum atomic E-state index is 6.01. The van der Waals surface area contributed by atoms with Gasteiger partial charge in [-0.1, -0.05) is 84.9 Å². The Bertz CT molecular complexity index is 950. The Morgan fingerprint density at radius 1 is 0.565 bits per heavy atom. The molecule has 0 saturated carbocycles. The normalized spacial score (nSPS) is 11.0. The molecular formula is C22H15Si. The summed E-state index contributed by atoms with van der Waals surface area (Å²) in [6, 6.07) is 29.9. The van der Waals surface area contributed by atoms with Crippen LogP contribution in [0.25, 0.3) is 21.5 Å². The maximum Gasteiger partial charge on any atom is 0.214 e. The van der Waals surface area contributed by atoms with E-state index in [4.69, 9.17) is 6.42 Å². The van der Waals surface area contributed by atoms with Gasteiger partial charge in [-0.05, 0) is 31.9 Å². The zero-order valence-corrected chi connectivity index (χ0v) is 13.7. The van der Waals surface area contributed by atoms with E-state index in [1.54, 1.807) is 0 Å². The third-order valence-electron chi connectivity index (χ3n) is 4.26. The highest BCUT2D eigenvalue weighted by atomic mass is 28.3. The van der Waals surface area contributed by atoms with Crippen LogP contribution in [0, 0.1) is 12.0 Å². The summed E-state index contributed by atoms with van der Waals surface area (Å²) in [6.07, 6.45) is 6.01. The molecular weight excluding hydrogens is 292 g/mol. The molecule has 0 heterocycles. The van der Waals surface area contributed by atoms with Crippen molar-refractivity contribution in [1.29, 1.82) is 0 Å². The minimum Gasteiger partial charge on any atom is -0.127 e.